The highest BCUT2D eigenvalue weighted by atomic mass is 35.5. The smallest absolute Gasteiger partial charge is 0.126 e. The molecule has 74 valence electrons. The zero-order chi connectivity index (χ0) is 10.1. The summed E-state index contributed by atoms with van der Waals surface area (Å²) in [5.74, 6) is -0.258. The number of halogens is 1. The SMILES string of the molecule is NC1Cc2ccccc2C(Cl)C1C=O. The van der Waals surface area contributed by atoms with E-state index in [2.05, 4.69) is 0 Å². The van der Waals surface area contributed by atoms with Gasteiger partial charge in [-0.15, -0.1) is 11.6 Å². The molecule has 1 aliphatic carbocycles. The Labute approximate surface area is 88.1 Å². The van der Waals surface area contributed by atoms with Gasteiger partial charge in [-0.05, 0) is 17.5 Å². The molecule has 2 N–H and O–H groups in total. The van der Waals surface area contributed by atoms with Crippen LogP contribution in [-0.4, -0.2) is 12.3 Å². The lowest BCUT2D eigenvalue weighted by molar-refractivity contribution is -0.111. The molecule has 0 saturated carbocycles. The van der Waals surface area contributed by atoms with E-state index in [1.54, 1.807) is 0 Å². The minimum absolute atomic E-state index is 0.148. The highest BCUT2D eigenvalue weighted by Gasteiger charge is 2.32. The maximum absolute atomic E-state index is 10.8. The average molecular weight is 210 g/mol. The van der Waals surface area contributed by atoms with E-state index in [0.717, 1.165) is 23.8 Å². The van der Waals surface area contributed by atoms with Crippen molar-refractivity contribution in [3.05, 3.63) is 35.4 Å². The molecular formula is C11H12ClNO. The van der Waals surface area contributed by atoms with Crippen molar-refractivity contribution in [3.8, 4) is 0 Å². The summed E-state index contributed by atoms with van der Waals surface area (Å²) in [5.41, 5.74) is 8.09. The molecule has 1 aromatic rings. The lowest BCUT2D eigenvalue weighted by atomic mass is 9.81. The first-order valence-corrected chi connectivity index (χ1v) is 5.10. The van der Waals surface area contributed by atoms with Crippen molar-refractivity contribution in [1.29, 1.82) is 0 Å². The maximum atomic E-state index is 10.8. The fourth-order valence-electron chi connectivity index (χ4n) is 1.97. The number of hydrogen-bond donors (Lipinski definition) is 1. The second-order valence-electron chi connectivity index (χ2n) is 3.68. The molecule has 2 nitrogen and oxygen atoms in total. The number of aldehydes is 1. The summed E-state index contributed by atoms with van der Waals surface area (Å²) in [5, 5.41) is -0.271. The molecule has 0 amide bonds. The van der Waals surface area contributed by atoms with Gasteiger partial charge >= 0.3 is 0 Å². The van der Waals surface area contributed by atoms with E-state index in [9.17, 15) is 4.79 Å². The summed E-state index contributed by atoms with van der Waals surface area (Å²) in [7, 11) is 0. The van der Waals surface area contributed by atoms with Gasteiger partial charge in [0.25, 0.3) is 0 Å². The Morgan fingerprint density at radius 3 is 2.86 bits per heavy atom. The summed E-state index contributed by atoms with van der Waals surface area (Å²) < 4.78 is 0. The summed E-state index contributed by atoms with van der Waals surface area (Å²) in [6, 6.07) is 7.74. The molecular weight excluding hydrogens is 198 g/mol. The van der Waals surface area contributed by atoms with Crippen LogP contribution in [0.2, 0.25) is 0 Å². The standard InChI is InChI=1S/C11H12ClNO/c12-11-8-4-2-1-3-7(8)5-10(13)9(11)6-14/h1-4,6,9-11H,5,13H2. The second kappa shape index (κ2) is 3.71. The van der Waals surface area contributed by atoms with Gasteiger partial charge in [0, 0.05) is 6.04 Å². The van der Waals surface area contributed by atoms with Crippen LogP contribution in [0.1, 0.15) is 16.5 Å². The quantitative estimate of drug-likeness (QED) is 0.565. The number of hydrogen-bond acceptors (Lipinski definition) is 2. The molecule has 0 heterocycles. The molecule has 2 rings (SSSR count). The van der Waals surface area contributed by atoms with Crippen molar-refractivity contribution in [3.63, 3.8) is 0 Å². The third kappa shape index (κ3) is 1.45. The van der Waals surface area contributed by atoms with Crippen molar-refractivity contribution in [2.45, 2.75) is 17.8 Å². The van der Waals surface area contributed by atoms with Crippen LogP contribution in [0.4, 0.5) is 0 Å². The Morgan fingerprint density at radius 1 is 1.43 bits per heavy atom. The van der Waals surface area contributed by atoms with E-state index in [4.69, 9.17) is 17.3 Å². The Bertz CT molecular complexity index is 353. The zero-order valence-corrected chi connectivity index (χ0v) is 8.45. The Morgan fingerprint density at radius 2 is 2.14 bits per heavy atom. The summed E-state index contributed by atoms with van der Waals surface area (Å²) >= 11 is 6.20. The molecule has 0 spiro atoms. The lowest BCUT2D eigenvalue weighted by Gasteiger charge is -2.31. The molecule has 1 aliphatic rings. The fourth-order valence-corrected chi connectivity index (χ4v) is 2.43. The number of rotatable bonds is 1. The predicted octanol–water partition coefficient (Wildman–Crippen LogP) is 1.67. The van der Waals surface area contributed by atoms with Crippen molar-refractivity contribution < 1.29 is 4.79 Å². The average Bonchev–Trinajstić information content (AvgIpc) is 2.18. The minimum atomic E-state index is -0.271. The largest absolute Gasteiger partial charge is 0.327 e. The third-order valence-corrected chi connectivity index (χ3v) is 3.32. The monoisotopic (exact) mass is 209 g/mol. The first-order valence-electron chi connectivity index (χ1n) is 4.67. The van der Waals surface area contributed by atoms with Gasteiger partial charge in [0.1, 0.15) is 6.29 Å². The summed E-state index contributed by atoms with van der Waals surface area (Å²) in [6.07, 6.45) is 1.61. The number of nitrogens with two attached hydrogens (primary N) is 1. The van der Waals surface area contributed by atoms with Crippen LogP contribution in [0.25, 0.3) is 0 Å². The van der Waals surface area contributed by atoms with Gasteiger partial charge < -0.3 is 10.5 Å². The molecule has 1 aromatic carbocycles. The molecule has 0 aromatic heterocycles. The molecule has 3 unspecified atom stereocenters. The van der Waals surface area contributed by atoms with Gasteiger partial charge in [0.05, 0.1) is 11.3 Å². The van der Waals surface area contributed by atoms with E-state index in [0.29, 0.717) is 0 Å². The Balaban J connectivity index is 2.43. The predicted molar refractivity (Wildman–Crippen MR) is 56.3 cm³/mol. The van der Waals surface area contributed by atoms with Crippen molar-refractivity contribution in [2.24, 2.45) is 11.7 Å². The lowest BCUT2D eigenvalue weighted by Crippen LogP contribution is -2.39. The molecule has 0 fully saturated rings. The van der Waals surface area contributed by atoms with Crippen molar-refractivity contribution in [2.75, 3.05) is 0 Å². The van der Waals surface area contributed by atoms with Crippen LogP contribution >= 0.6 is 11.6 Å². The molecule has 0 saturated heterocycles. The van der Waals surface area contributed by atoms with E-state index in [-0.39, 0.29) is 17.3 Å². The molecule has 3 heteroatoms. The van der Waals surface area contributed by atoms with E-state index >= 15 is 0 Å². The van der Waals surface area contributed by atoms with Gasteiger partial charge in [-0.3, -0.25) is 0 Å². The van der Waals surface area contributed by atoms with Gasteiger partial charge in [0.2, 0.25) is 0 Å². The molecule has 0 aliphatic heterocycles. The van der Waals surface area contributed by atoms with Crippen LogP contribution < -0.4 is 5.73 Å². The van der Waals surface area contributed by atoms with Crippen LogP contribution in [-0.2, 0) is 11.2 Å². The van der Waals surface area contributed by atoms with Gasteiger partial charge in [-0.25, -0.2) is 0 Å². The van der Waals surface area contributed by atoms with E-state index < -0.39 is 0 Å². The number of carbonyl (C=O) groups excluding carboxylic acids is 1. The summed E-state index contributed by atoms with van der Waals surface area (Å²) in [6.45, 7) is 0. The van der Waals surface area contributed by atoms with E-state index in [1.807, 2.05) is 24.3 Å². The topological polar surface area (TPSA) is 43.1 Å². The molecule has 3 atom stereocenters. The Kier molecular flexibility index (Phi) is 2.57. The van der Waals surface area contributed by atoms with Crippen molar-refractivity contribution >= 4 is 17.9 Å². The third-order valence-electron chi connectivity index (χ3n) is 2.80. The van der Waals surface area contributed by atoms with Crippen LogP contribution in [0.5, 0.6) is 0 Å². The Hall–Kier alpha value is -0.860. The minimum Gasteiger partial charge on any atom is -0.327 e. The molecule has 0 radical (unpaired) electrons. The highest BCUT2D eigenvalue weighted by molar-refractivity contribution is 6.22. The first kappa shape index (κ1) is 9.69. The molecule has 14 heavy (non-hydrogen) atoms. The number of benzene rings is 1. The number of fused-ring (bicyclic) bond motifs is 1. The second-order valence-corrected chi connectivity index (χ2v) is 4.15. The normalized spacial score (nSPS) is 30.9. The van der Waals surface area contributed by atoms with Crippen LogP contribution in [0.15, 0.2) is 24.3 Å². The van der Waals surface area contributed by atoms with Crippen molar-refractivity contribution in [1.82, 2.24) is 0 Å². The number of alkyl halides is 1. The van der Waals surface area contributed by atoms with Gasteiger partial charge in [0.15, 0.2) is 0 Å². The van der Waals surface area contributed by atoms with E-state index in [1.165, 1.54) is 0 Å². The fraction of sp³-hybridized carbons (Fsp3) is 0.364. The summed E-state index contributed by atoms with van der Waals surface area (Å²) in [4.78, 5) is 10.8. The number of carbonyl (C=O) groups is 1. The van der Waals surface area contributed by atoms with Crippen LogP contribution in [0.3, 0.4) is 0 Å². The molecule has 0 bridgehead atoms. The zero-order valence-electron chi connectivity index (χ0n) is 7.69. The first-order chi connectivity index (χ1) is 6.74. The van der Waals surface area contributed by atoms with Crippen LogP contribution in [0, 0.1) is 5.92 Å². The highest BCUT2D eigenvalue weighted by Crippen LogP contribution is 2.37. The van der Waals surface area contributed by atoms with Gasteiger partial charge in [-0.1, -0.05) is 24.3 Å². The maximum Gasteiger partial charge on any atom is 0.126 e. The van der Waals surface area contributed by atoms with Gasteiger partial charge in [-0.2, -0.15) is 0 Å².